The zero-order valence-electron chi connectivity index (χ0n) is 11.9. The molecule has 1 aliphatic heterocycles. The van der Waals surface area contributed by atoms with E-state index in [4.69, 9.17) is 10.5 Å². The summed E-state index contributed by atoms with van der Waals surface area (Å²) in [5.74, 6) is 1.37. The predicted molar refractivity (Wildman–Crippen MR) is 76.2 cm³/mol. The molecule has 0 aromatic carbocycles. The molecule has 5 heteroatoms. The molecule has 0 amide bonds. The maximum atomic E-state index is 5.77. The monoisotopic (exact) mass is 264 g/mol. The van der Waals surface area contributed by atoms with Gasteiger partial charge < -0.3 is 15.4 Å². The molecule has 0 radical (unpaired) electrons. The van der Waals surface area contributed by atoms with Gasteiger partial charge in [-0.05, 0) is 37.7 Å². The molecule has 0 saturated carbocycles. The molecule has 0 spiro atoms. The van der Waals surface area contributed by atoms with Crippen LogP contribution in [0.15, 0.2) is 12.4 Å². The topological polar surface area (TPSA) is 64.3 Å². The van der Waals surface area contributed by atoms with Gasteiger partial charge in [-0.15, -0.1) is 0 Å². The van der Waals surface area contributed by atoms with Crippen molar-refractivity contribution in [3.63, 3.8) is 0 Å². The van der Waals surface area contributed by atoms with Crippen LogP contribution in [0.4, 0.5) is 5.95 Å². The molecule has 2 heterocycles. The van der Waals surface area contributed by atoms with Crippen molar-refractivity contribution in [2.75, 3.05) is 31.7 Å². The van der Waals surface area contributed by atoms with E-state index in [0.29, 0.717) is 5.92 Å². The van der Waals surface area contributed by atoms with Crippen molar-refractivity contribution in [3.05, 3.63) is 18.0 Å². The Morgan fingerprint density at radius 3 is 2.79 bits per heavy atom. The Balaban J connectivity index is 1.89. The molecule has 1 saturated heterocycles. The third kappa shape index (κ3) is 4.44. The van der Waals surface area contributed by atoms with Gasteiger partial charge >= 0.3 is 0 Å². The lowest BCUT2D eigenvalue weighted by atomic mass is 10.0. The Kier molecular flexibility index (Phi) is 5.10. The van der Waals surface area contributed by atoms with Crippen LogP contribution in [0.5, 0.6) is 0 Å². The second-order valence-corrected chi connectivity index (χ2v) is 5.54. The zero-order valence-corrected chi connectivity index (χ0v) is 11.9. The van der Waals surface area contributed by atoms with E-state index in [1.807, 2.05) is 26.4 Å². The molecule has 19 heavy (non-hydrogen) atoms. The normalized spacial score (nSPS) is 21.1. The van der Waals surface area contributed by atoms with Gasteiger partial charge in [0.1, 0.15) is 0 Å². The first-order valence-electron chi connectivity index (χ1n) is 7.00. The van der Waals surface area contributed by atoms with E-state index in [-0.39, 0.29) is 6.04 Å². The minimum Gasteiger partial charge on any atom is -0.381 e. The van der Waals surface area contributed by atoms with Gasteiger partial charge in [0.05, 0.1) is 6.61 Å². The molecular weight excluding hydrogens is 240 g/mol. The largest absolute Gasteiger partial charge is 0.381 e. The molecule has 2 rings (SSSR count). The number of aromatic nitrogens is 2. The van der Waals surface area contributed by atoms with Crippen molar-refractivity contribution in [2.24, 2.45) is 11.7 Å². The van der Waals surface area contributed by atoms with Crippen molar-refractivity contribution < 1.29 is 4.74 Å². The number of nitrogens with two attached hydrogens (primary N) is 1. The maximum absolute atomic E-state index is 5.77. The highest BCUT2D eigenvalue weighted by atomic mass is 16.5. The fourth-order valence-electron chi connectivity index (χ4n) is 2.44. The smallest absolute Gasteiger partial charge is 0.225 e. The summed E-state index contributed by atoms with van der Waals surface area (Å²) < 4.78 is 5.50. The van der Waals surface area contributed by atoms with Gasteiger partial charge in [0.15, 0.2) is 0 Å². The van der Waals surface area contributed by atoms with Gasteiger partial charge in [-0.2, -0.15) is 0 Å². The van der Waals surface area contributed by atoms with Crippen LogP contribution in [0.25, 0.3) is 0 Å². The van der Waals surface area contributed by atoms with Crippen molar-refractivity contribution in [2.45, 2.75) is 32.2 Å². The first-order valence-corrected chi connectivity index (χ1v) is 7.00. The van der Waals surface area contributed by atoms with Crippen LogP contribution >= 0.6 is 0 Å². The van der Waals surface area contributed by atoms with E-state index in [9.17, 15) is 0 Å². The Labute approximate surface area is 115 Å². The molecule has 106 valence electrons. The molecule has 1 aromatic heterocycles. The van der Waals surface area contributed by atoms with Crippen LogP contribution in [-0.2, 0) is 11.2 Å². The average molecular weight is 264 g/mol. The van der Waals surface area contributed by atoms with E-state index < -0.39 is 0 Å². The lowest BCUT2D eigenvalue weighted by Crippen LogP contribution is -2.31. The molecular formula is C14H24N4O. The summed E-state index contributed by atoms with van der Waals surface area (Å²) in [6.45, 7) is 4.70. The minimum absolute atomic E-state index is 0.145. The SMILES string of the molecule is CC(N)Cc1cnc(N(C)CC2CCCOC2)nc1. The van der Waals surface area contributed by atoms with Gasteiger partial charge in [-0.25, -0.2) is 9.97 Å². The molecule has 5 nitrogen and oxygen atoms in total. The molecule has 2 unspecified atom stereocenters. The second kappa shape index (κ2) is 6.82. The number of ether oxygens (including phenoxy) is 1. The summed E-state index contributed by atoms with van der Waals surface area (Å²) in [6, 6.07) is 0.145. The lowest BCUT2D eigenvalue weighted by molar-refractivity contribution is 0.0575. The van der Waals surface area contributed by atoms with E-state index >= 15 is 0 Å². The molecule has 0 bridgehead atoms. The van der Waals surface area contributed by atoms with E-state index in [1.165, 1.54) is 6.42 Å². The number of anilines is 1. The number of nitrogens with zero attached hydrogens (tertiary/aromatic N) is 3. The Morgan fingerprint density at radius 1 is 1.47 bits per heavy atom. The summed E-state index contributed by atoms with van der Waals surface area (Å²) in [5.41, 5.74) is 6.86. The standard InChI is InChI=1S/C14H24N4O/c1-11(15)6-13-7-16-14(17-8-13)18(2)9-12-4-3-5-19-10-12/h7-8,11-12H,3-6,9-10,15H2,1-2H3. The Hall–Kier alpha value is -1.20. The summed E-state index contributed by atoms with van der Waals surface area (Å²) in [4.78, 5) is 10.9. The van der Waals surface area contributed by atoms with Crippen molar-refractivity contribution in [3.8, 4) is 0 Å². The molecule has 0 aliphatic carbocycles. The minimum atomic E-state index is 0.145. The van der Waals surface area contributed by atoms with Gasteiger partial charge in [-0.1, -0.05) is 0 Å². The first-order chi connectivity index (χ1) is 9.15. The molecule has 2 atom stereocenters. The van der Waals surface area contributed by atoms with Crippen LogP contribution in [0, 0.1) is 5.92 Å². The summed E-state index contributed by atoms with van der Waals surface area (Å²) >= 11 is 0. The van der Waals surface area contributed by atoms with Crippen LogP contribution in [-0.4, -0.2) is 42.8 Å². The van der Waals surface area contributed by atoms with Crippen molar-refractivity contribution >= 4 is 5.95 Å². The summed E-state index contributed by atoms with van der Waals surface area (Å²) in [5, 5.41) is 0. The van der Waals surface area contributed by atoms with Crippen LogP contribution in [0.1, 0.15) is 25.3 Å². The van der Waals surface area contributed by atoms with Gasteiger partial charge in [0.25, 0.3) is 0 Å². The van der Waals surface area contributed by atoms with Crippen LogP contribution < -0.4 is 10.6 Å². The number of rotatable bonds is 5. The quantitative estimate of drug-likeness (QED) is 0.866. The van der Waals surface area contributed by atoms with Crippen LogP contribution in [0.3, 0.4) is 0 Å². The second-order valence-electron chi connectivity index (χ2n) is 5.54. The third-order valence-corrected chi connectivity index (χ3v) is 3.38. The fraction of sp³-hybridized carbons (Fsp3) is 0.714. The molecule has 1 aliphatic rings. The molecule has 2 N–H and O–H groups in total. The Morgan fingerprint density at radius 2 is 2.21 bits per heavy atom. The number of hydrogen-bond acceptors (Lipinski definition) is 5. The highest BCUT2D eigenvalue weighted by molar-refractivity contribution is 5.28. The van der Waals surface area contributed by atoms with Gasteiger partial charge in [-0.3, -0.25) is 0 Å². The van der Waals surface area contributed by atoms with E-state index in [1.54, 1.807) is 0 Å². The summed E-state index contributed by atoms with van der Waals surface area (Å²) in [6.07, 6.45) is 6.96. The van der Waals surface area contributed by atoms with Crippen molar-refractivity contribution in [1.29, 1.82) is 0 Å². The molecule has 1 fully saturated rings. The van der Waals surface area contributed by atoms with Gasteiger partial charge in [0, 0.05) is 38.6 Å². The highest BCUT2D eigenvalue weighted by Gasteiger charge is 2.17. The Bertz CT molecular complexity index is 374. The van der Waals surface area contributed by atoms with Crippen molar-refractivity contribution in [1.82, 2.24) is 9.97 Å². The predicted octanol–water partition coefficient (Wildman–Crippen LogP) is 1.23. The maximum Gasteiger partial charge on any atom is 0.225 e. The lowest BCUT2D eigenvalue weighted by Gasteiger charge is -2.27. The summed E-state index contributed by atoms with van der Waals surface area (Å²) in [7, 11) is 2.04. The van der Waals surface area contributed by atoms with Crippen LogP contribution in [0.2, 0.25) is 0 Å². The average Bonchev–Trinajstić information content (AvgIpc) is 2.40. The molecule has 1 aromatic rings. The zero-order chi connectivity index (χ0) is 13.7. The van der Waals surface area contributed by atoms with Gasteiger partial charge in [0.2, 0.25) is 5.95 Å². The fourth-order valence-corrected chi connectivity index (χ4v) is 2.44. The third-order valence-electron chi connectivity index (χ3n) is 3.38. The first kappa shape index (κ1) is 14.2. The highest BCUT2D eigenvalue weighted by Crippen LogP contribution is 2.16. The number of hydrogen-bond donors (Lipinski definition) is 1. The van der Waals surface area contributed by atoms with E-state index in [0.717, 1.165) is 44.1 Å². The van der Waals surface area contributed by atoms with E-state index in [2.05, 4.69) is 14.9 Å².